The second kappa shape index (κ2) is 3.88. The molecule has 1 aromatic carbocycles. The van der Waals surface area contributed by atoms with Crippen LogP contribution >= 0.6 is 0 Å². The third-order valence-corrected chi connectivity index (χ3v) is 1.49. The van der Waals surface area contributed by atoms with Gasteiger partial charge in [0.2, 0.25) is 0 Å². The van der Waals surface area contributed by atoms with Crippen molar-refractivity contribution in [3.8, 4) is 5.75 Å². The maximum Gasteiger partial charge on any atom is 0.312 e. The van der Waals surface area contributed by atoms with Crippen molar-refractivity contribution >= 4 is 11.6 Å². The summed E-state index contributed by atoms with van der Waals surface area (Å²) < 4.78 is 4.98. The largest absolute Gasteiger partial charge is 0.497 e. The third kappa shape index (κ3) is 2.36. The summed E-state index contributed by atoms with van der Waals surface area (Å²) >= 11 is 0. The van der Waals surface area contributed by atoms with E-state index in [0.717, 1.165) is 11.4 Å². The van der Waals surface area contributed by atoms with Gasteiger partial charge in [0.05, 0.1) is 14.0 Å². The fourth-order valence-electron chi connectivity index (χ4n) is 0.935. The molecule has 0 saturated heterocycles. The van der Waals surface area contributed by atoms with Crippen molar-refractivity contribution < 1.29 is 14.8 Å². The van der Waals surface area contributed by atoms with Crippen LogP contribution < -0.4 is 10.1 Å². The smallest absolute Gasteiger partial charge is 0.312 e. The van der Waals surface area contributed by atoms with E-state index in [9.17, 15) is 4.79 Å². The Hall–Kier alpha value is -1.35. The SMILES string of the molecule is COc1ccc([NH2+]C(C)=O)cc1. The van der Waals surface area contributed by atoms with Crippen LogP contribution in [0, 0.1) is 0 Å². The van der Waals surface area contributed by atoms with Crippen LogP contribution in [0.2, 0.25) is 0 Å². The molecule has 0 unspecified atom stereocenters. The fraction of sp³-hybridized carbons (Fsp3) is 0.222. The van der Waals surface area contributed by atoms with Gasteiger partial charge in [0.15, 0.2) is 0 Å². The Balaban J connectivity index is 2.71. The third-order valence-electron chi connectivity index (χ3n) is 1.49. The number of hydrogen-bond acceptors (Lipinski definition) is 2. The van der Waals surface area contributed by atoms with Crippen molar-refractivity contribution in [2.45, 2.75) is 6.92 Å². The van der Waals surface area contributed by atoms with Gasteiger partial charge in [-0.25, -0.2) is 4.79 Å². The van der Waals surface area contributed by atoms with Crippen LogP contribution in [-0.2, 0) is 4.79 Å². The molecule has 0 aliphatic rings. The summed E-state index contributed by atoms with van der Waals surface area (Å²) in [5.74, 6) is 0.857. The van der Waals surface area contributed by atoms with Gasteiger partial charge in [-0.1, -0.05) is 0 Å². The van der Waals surface area contributed by atoms with Crippen molar-refractivity contribution in [3.63, 3.8) is 0 Å². The molecule has 0 atom stereocenters. The van der Waals surface area contributed by atoms with E-state index in [4.69, 9.17) is 4.74 Å². The fourth-order valence-corrected chi connectivity index (χ4v) is 0.935. The molecule has 64 valence electrons. The van der Waals surface area contributed by atoms with E-state index >= 15 is 0 Å². The molecular weight excluding hydrogens is 154 g/mol. The normalized spacial score (nSPS) is 9.50. The van der Waals surface area contributed by atoms with E-state index in [2.05, 4.69) is 0 Å². The number of amides is 1. The number of benzene rings is 1. The van der Waals surface area contributed by atoms with Crippen LogP contribution in [0.1, 0.15) is 6.92 Å². The van der Waals surface area contributed by atoms with Crippen LogP contribution in [0.15, 0.2) is 24.3 Å². The minimum atomic E-state index is 0.0557. The molecule has 0 spiro atoms. The van der Waals surface area contributed by atoms with Crippen molar-refractivity contribution in [2.24, 2.45) is 0 Å². The molecule has 3 heteroatoms. The number of carbonyl (C=O) groups excluding carboxylic acids is 1. The molecule has 0 aliphatic heterocycles. The molecule has 0 aromatic heterocycles. The lowest BCUT2D eigenvalue weighted by Crippen LogP contribution is -2.81. The molecule has 0 heterocycles. The number of methoxy groups -OCH3 is 1. The zero-order valence-electron chi connectivity index (χ0n) is 7.20. The maximum atomic E-state index is 10.7. The van der Waals surface area contributed by atoms with E-state index in [1.54, 1.807) is 12.4 Å². The quantitative estimate of drug-likeness (QED) is 0.648. The van der Waals surface area contributed by atoms with Crippen molar-refractivity contribution in [3.05, 3.63) is 24.3 Å². The van der Waals surface area contributed by atoms with Crippen molar-refractivity contribution in [1.29, 1.82) is 0 Å². The van der Waals surface area contributed by atoms with E-state index < -0.39 is 0 Å². The van der Waals surface area contributed by atoms with Gasteiger partial charge in [-0.2, -0.15) is 0 Å². The maximum absolute atomic E-state index is 10.7. The monoisotopic (exact) mass is 166 g/mol. The van der Waals surface area contributed by atoms with E-state index in [-0.39, 0.29) is 5.91 Å². The Morgan fingerprint density at radius 3 is 2.33 bits per heavy atom. The Kier molecular flexibility index (Phi) is 2.82. The first kappa shape index (κ1) is 8.74. The molecule has 0 fully saturated rings. The van der Waals surface area contributed by atoms with Crippen LogP contribution in [0.4, 0.5) is 5.69 Å². The molecule has 12 heavy (non-hydrogen) atoms. The van der Waals surface area contributed by atoms with E-state index in [1.165, 1.54) is 6.92 Å². The summed E-state index contributed by atoms with van der Waals surface area (Å²) in [5.41, 5.74) is 0.906. The van der Waals surface area contributed by atoms with Gasteiger partial charge in [0, 0.05) is 12.1 Å². The first-order valence-electron chi connectivity index (χ1n) is 3.72. The summed E-state index contributed by atoms with van der Waals surface area (Å²) in [6.07, 6.45) is 0. The zero-order valence-corrected chi connectivity index (χ0v) is 7.20. The Morgan fingerprint density at radius 1 is 1.33 bits per heavy atom. The molecule has 2 N–H and O–H groups in total. The zero-order chi connectivity index (χ0) is 8.97. The topological polar surface area (TPSA) is 42.9 Å². The molecule has 0 aliphatic carbocycles. The second-order valence-corrected chi connectivity index (χ2v) is 2.53. The highest BCUT2D eigenvalue weighted by molar-refractivity contribution is 5.64. The minimum absolute atomic E-state index is 0.0557. The first-order chi connectivity index (χ1) is 5.72. The van der Waals surface area contributed by atoms with E-state index in [1.807, 2.05) is 24.3 Å². The van der Waals surface area contributed by atoms with Gasteiger partial charge in [0.1, 0.15) is 11.4 Å². The molecule has 1 aromatic rings. The van der Waals surface area contributed by atoms with Gasteiger partial charge < -0.3 is 4.74 Å². The number of nitrogens with two attached hydrogens (primary N) is 1. The highest BCUT2D eigenvalue weighted by Crippen LogP contribution is 2.10. The number of hydrogen-bond donors (Lipinski definition) is 1. The number of carbonyl (C=O) groups is 1. The van der Waals surface area contributed by atoms with Gasteiger partial charge in [-0.05, 0) is 12.1 Å². The standard InChI is InChI=1S/C9H11NO2/c1-7(11)10-8-3-5-9(12-2)6-4-8/h3-6H,1-2H3,(H,10,11)/p+1. The Morgan fingerprint density at radius 2 is 1.92 bits per heavy atom. The lowest BCUT2D eigenvalue weighted by atomic mass is 10.3. The summed E-state index contributed by atoms with van der Waals surface area (Å²) in [5, 5.41) is 1.58. The lowest BCUT2D eigenvalue weighted by molar-refractivity contribution is -0.481. The first-order valence-corrected chi connectivity index (χ1v) is 3.72. The van der Waals surface area contributed by atoms with Crippen molar-refractivity contribution in [2.75, 3.05) is 7.11 Å². The molecule has 0 saturated carbocycles. The van der Waals surface area contributed by atoms with Gasteiger partial charge in [-0.3, -0.25) is 5.32 Å². The number of ether oxygens (including phenoxy) is 1. The molecule has 1 amide bonds. The van der Waals surface area contributed by atoms with E-state index in [0.29, 0.717) is 0 Å². The number of quaternary nitrogens is 1. The van der Waals surface area contributed by atoms with Gasteiger partial charge in [-0.15, -0.1) is 0 Å². The summed E-state index contributed by atoms with van der Waals surface area (Å²) in [6, 6.07) is 7.35. The molecule has 0 radical (unpaired) electrons. The molecule has 3 nitrogen and oxygen atoms in total. The predicted molar refractivity (Wildman–Crippen MR) is 45.3 cm³/mol. The van der Waals surface area contributed by atoms with Crippen LogP contribution in [0.3, 0.4) is 0 Å². The van der Waals surface area contributed by atoms with Gasteiger partial charge in [0.25, 0.3) is 0 Å². The average Bonchev–Trinajstić information content (AvgIpc) is 2.05. The van der Waals surface area contributed by atoms with Crippen LogP contribution in [0.25, 0.3) is 0 Å². The highest BCUT2D eigenvalue weighted by atomic mass is 16.5. The predicted octanol–water partition coefficient (Wildman–Crippen LogP) is 0.437. The summed E-state index contributed by atoms with van der Waals surface area (Å²) in [4.78, 5) is 10.7. The van der Waals surface area contributed by atoms with Gasteiger partial charge >= 0.3 is 5.91 Å². The lowest BCUT2D eigenvalue weighted by Gasteiger charge is -1.98. The van der Waals surface area contributed by atoms with Crippen LogP contribution in [-0.4, -0.2) is 13.0 Å². The number of rotatable bonds is 2. The average molecular weight is 166 g/mol. The van der Waals surface area contributed by atoms with Crippen molar-refractivity contribution in [1.82, 2.24) is 0 Å². The summed E-state index contributed by atoms with van der Waals surface area (Å²) in [6.45, 7) is 1.53. The molecular formula is C9H12NO2+. The Labute approximate surface area is 71.4 Å². The molecule has 1 rings (SSSR count). The minimum Gasteiger partial charge on any atom is -0.497 e. The molecule has 0 bridgehead atoms. The number of primary amides is 1. The summed E-state index contributed by atoms with van der Waals surface area (Å²) in [7, 11) is 1.61. The second-order valence-electron chi connectivity index (χ2n) is 2.53. The van der Waals surface area contributed by atoms with Crippen LogP contribution in [0.5, 0.6) is 5.75 Å². The highest BCUT2D eigenvalue weighted by Gasteiger charge is 2.00. The Bertz CT molecular complexity index is 266.